The minimum atomic E-state index is 0.228. The second-order valence-corrected chi connectivity index (χ2v) is 4.87. The third-order valence-corrected chi connectivity index (χ3v) is 3.18. The molecule has 6 nitrogen and oxygen atoms in total. The van der Waals surface area contributed by atoms with Gasteiger partial charge in [-0.2, -0.15) is 9.97 Å². The number of aryl methyl sites for hydroxylation is 1. The van der Waals surface area contributed by atoms with Crippen LogP contribution in [0.5, 0.6) is 12.0 Å². The molecule has 0 amide bonds. The Balaban J connectivity index is 2.08. The van der Waals surface area contributed by atoms with Crippen molar-refractivity contribution in [3.05, 3.63) is 21.9 Å². The van der Waals surface area contributed by atoms with Crippen LogP contribution in [0, 0.1) is 6.92 Å². The van der Waals surface area contributed by atoms with E-state index in [0.717, 1.165) is 0 Å². The van der Waals surface area contributed by atoms with Crippen molar-refractivity contribution in [3.8, 4) is 12.0 Å². The van der Waals surface area contributed by atoms with E-state index in [1.807, 2.05) is 0 Å². The summed E-state index contributed by atoms with van der Waals surface area (Å²) in [7, 11) is 3.00. The highest BCUT2D eigenvalue weighted by Crippen LogP contribution is 2.17. The molecular weight excluding hydrogens is 252 g/mol. The molecule has 0 aliphatic heterocycles. The number of hydrogen-bond donors (Lipinski definition) is 1. The molecular formula is C11H14N4O2S. The second kappa shape index (κ2) is 5.63. The van der Waals surface area contributed by atoms with Crippen molar-refractivity contribution in [2.75, 3.05) is 19.5 Å². The molecule has 1 N–H and O–H groups in total. The average molecular weight is 266 g/mol. The number of hydrogen-bond acceptors (Lipinski definition) is 7. The molecule has 0 fully saturated rings. The Hall–Kier alpha value is -1.89. The first-order chi connectivity index (χ1) is 8.71. The third-order valence-electron chi connectivity index (χ3n) is 2.18. The lowest BCUT2D eigenvalue weighted by Crippen LogP contribution is -2.06. The highest BCUT2D eigenvalue weighted by atomic mass is 32.1. The molecule has 0 atom stereocenters. The summed E-state index contributed by atoms with van der Waals surface area (Å²) in [5, 5.41) is 3.11. The van der Waals surface area contributed by atoms with Crippen LogP contribution in [-0.2, 0) is 6.54 Å². The number of aromatic nitrogens is 3. The number of nitrogens with zero attached hydrogens (tertiary/aromatic N) is 3. The predicted octanol–water partition coefficient (Wildman–Crippen LogP) is 1.87. The molecule has 2 aromatic heterocycles. The van der Waals surface area contributed by atoms with Crippen LogP contribution in [0.1, 0.15) is 9.75 Å². The standard InChI is InChI=1S/C11H14N4O2S/c1-7-4-5-8(18-7)6-12-9-13-10(16-2)15-11(14-9)17-3/h4-5H,6H2,1-3H3,(H,12,13,14,15). The van der Waals surface area contributed by atoms with Gasteiger partial charge < -0.3 is 14.8 Å². The topological polar surface area (TPSA) is 69.2 Å². The van der Waals surface area contributed by atoms with E-state index in [-0.39, 0.29) is 12.0 Å². The van der Waals surface area contributed by atoms with Crippen molar-refractivity contribution in [1.29, 1.82) is 0 Å². The minimum Gasteiger partial charge on any atom is -0.467 e. The highest BCUT2D eigenvalue weighted by Gasteiger charge is 2.07. The molecule has 0 aliphatic rings. The maximum atomic E-state index is 4.97. The fourth-order valence-electron chi connectivity index (χ4n) is 1.35. The lowest BCUT2D eigenvalue weighted by Gasteiger charge is -2.06. The number of nitrogens with one attached hydrogen (secondary N) is 1. The number of anilines is 1. The molecule has 18 heavy (non-hydrogen) atoms. The summed E-state index contributed by atoms with van der Waals surface area (Å²) in [6.07, 6.45) is 0. The van der Waals surface area contributed by atoms with Crippen LogP contribution in [0.2, 0.25) is 0 Å². The van der Waals surface area contributed by atoms with Crippen molar-refractivity contribution in [2.45, 2.75) is 13.5 Å². The van der Waals surface area contributed by atoms with Crippen LogP contribution in [0.15, 0.2) is 12.1 Å². The quantitative estimate of drug-likeness (QED) is 0.891. The van der Waals surface area contributed by atoms with Crippen LogP contribution in [0.4, 0.5) is 5.95 Å². The Morgan fingerprint density at radius 2 is 1.78 bits per heavy atom. The maximum absolute atomic E-state index is 4.97. The van der Waals surface area contributed by atoms with Gasteiger partial charge in [-0.05, 0) is 19.1 Å². The first-order valence-corrected chi connectivity index (χ1v) is 6.16. The lowest BCUT2D eigenvalue weighted by atomic mass is 10.4. The molecule has 0 bridgehead atoms. The fourth-order valence-corrected chi connectivity index (χ4v) is 2.18. The largest absolute Gasteiger partial charge is 0.467 e. The number of ether oxygens (including phenoxy) is 2. The molecule has 7 heteroatoms. The van der Waals surface area contributed by atoms with E-state index < -0.39 is 0 Å². The summed E-state index contributed by atoms with van der Waals surface area (Å²) in [6, 6.07) is 4.61. The minimum absolute atomic E-state index is 0.228. The van der Waals surface area contributed by atoms with Gasteiger partial charge in [-0.15, -0.1) is 16.3 Å². The van der Waals surface area contributed by atoms with Crippen LogP contribution in [0.3, 0.4) is 0 Å². The Kier molecular flexibility index (Phi) is 3.93. The molecule has 0 saturated heterocycles. The van der Waals surface area contributed by atoms with Gasteiger partial charge >= 0.3 is 12.0 Å². The van der Waals surface area contributed by atoms with Crippen molar-refractivity contribution >= 4 is 17.3 Å². The second-order valence-electron chi connectivity index (χ2n) is 3.50. The normalized spacial score (nSPS) is 10.2. The van der Waals surface area contributed by atoms with Gasteiger partial charge in [-0.3, -0.25) is 0 Å². The summed E-state index contributed by atoms with van der Waals surface area (Å²) in [6.45, 7) is 2.73. The van der Waals surface area contributed by atoms with E-state index in [9.17, 15) is 0 Å². The van der Waals surface area contributed by atoms with Gasteiger partial charge in [0.05, 0.1) is 20.8 Å². The lowest BCUT2D eigenvalue weighted by molar-refractivity contribution is 0.341. The SMILES string of the molecule is COc1nc(NCc2ccc(C)s2)nc(OC)n1. The number of thiophene rings is 1. The van der Waals surface area contributed by atoms with Gasteiger partial charge in [0.15, 0.2) is 0 Å². The van der Waals surface area contributed by atoms with Gasteiger partial charge in [0.1, 0.15) is 0 Å². The first-order valence-electron chi connectivity index (χ1n) is 5.34. The van der Waals surface area contributed by atoms with E-state index in [1.165, 1.54) is 24.0 Å². The van der Waals surface area contributed by atoms with Gasteiger partial charge in [0.25, 0.3) is 0 Å². The third kappa shape index (κ3) is 3.07. The monoisotopic (exact) mass is 266 g/mol. The van der Waals surface area contributed by atoms with Crippen molar-refractivity contribution in [3.63, 3.8) is 0 Å². The molecule has 0 aliphatic carbocycles. The van der Waals surface area contributed by atoms with E-state index >= 15 is 0 Å². The number of rotatable bonds is 5. The van der Waals surface area contributed by atoms with Gasteiger partial charge in [0, 0.05) is 9.75 Å². The molecule has 0 aromatic carbocycles. The Morgan fingerprint density at radius 3 is 2.28 bits per heavy atom. The Bertz CT molecular complexity index is 507. The summed E-state index contributed by atoms with van der Waals surface area (Å²) >= 11 is 1.73. The first kappa shape index (κ1) is 12.6. The smallest absolute Gasteiger partial charge is 0.324 e. The Labute approximate surface area is 109 Å². The van der Waals surface area contributed by atoms with Crippen LogP contribution in [0.25, 0.3) is 0 Å². The average Bonchev–Trinajstić information content (AvgIpc) is 2.81. The van der Waals surface area contributed by atoms with Crippen LogP contribution >= 0.6 is 11.3 Å². The maximum Gasteiger partial charge on any atom is 0.324 e. The van der Waals surface area contributed by atoms with E-state index in [1.54, 1.807) is 11.3 Å². The zero-order chi connectivity index (χ0) is 13.0. The zero-order valence-corrected chi connectivity index (χ0v) is 11.2. The Morgan fingerprint density at radius 1 is 1.11 bits per heavy atom. The van der Waals surface area contributed by atoms with Crippen LogP contribution < -0.4 is 14.8 Å². The van der Waals surface area contributed by atoms with Gasteiger partial charge in [0.2, 0.25) is 5.95 Å². The molecule has 0 saturated carbocycles. The molecule has 0 spiro atoms. The van der Waals surface area contributed by atoms with Crippen molar-refractivity contribution in [2.24, 2.45) is 0 Å². The summed E-state index contributed by atoms with van der Waals surface area (Å²) in [5.74, 6) is 0.435. The van der Waals surface area contributed by atoms with Crippen LogP contribution in [-0.4, -0.2) is 29.2 Å². The summed E-state index contributed by atoms with van der Waals surface area (Å²) in [5.41, 5.74) is 0. The van der Waals surface area contributed by atoms with E-state index in [0.29, 0.717) is 12.5 Å². The highest BCUT2D eigenvalue weighted by molar-refractivity contribution is 7.11. The van der Waals surface area contributed by atoms with E-state index in [2.05, 4.69) is 39.3 Å². The van der Waals surface area contributed by atoms with Gasteiger partial charge in [-0.1, -0.05) is 0 Å². The zero-order valence-electron chi connectivity index (χ0n) is 10.4. The molecule has 0 unspecified atom stereocenters. The molecule has 96 valence electrons. The fraction of sp³-hybridized carbons (Fsp3) is 0.364. The molecule has 0 radical (unpaired) electrons. The molecule has 2 heterocycles. The summed E-state index contributed by atoms with van der Waals surface area (Å²) < 4.78 is 9.95. The number of methoxy groups -OCH3 is 2. The molecule has 2 aromatic rings. The van der Waals surface area contributed by atoms with E-state index in [4.69, 9.17) is 9.47 Å². The summed E-state index contributed by atoms with van der Waals surface area (Å²) in [4.78, 5) is 14.6. The van der Waals surface area contributed by atoms with Crippen molar-refractivity contribution in [1.82, 2.24) is 15.0 Å². The predicted molar refractivity (Wildman–Crippen MR) is 69.3 cm³/mol. The van der Waals surface area contributed by atoms with Gasteiger partial charge in [-0.25, -0.2) is 0 Å². The molecule has 2 rings (SSSR count). The van der Waals surface area contributed by atoms with Crippen molar-refractivity contribution < 1.29 is 9.47 Å².